The van der Waals surface area contributed by atoms with Crippen molar-refractivity contribution in [2.24, 2.45) is 5.92 Å². The highest BCUT2D eigenvalue weighted by molar-refractivity contribution is 5.98. The summed E-state index contributed by atoms with van der Waals surface area (Å²) in [6, 6.07) is 0.658. The molecule has 2 N–H and O–H groups in total. The molecule has 2 fully saturated rings. The van der Waals surface area contributed by atoms with Crippen molar-refractivity contribution in [3.63, 3.8) is 0 Å². The number of carbonyl (C=O) groups excluding carboxylic acids is 3. The monoisotopic (exact) mass is 501 g/mol. The van der Waals surface area contributed by atoms with Crippen LogP contribution in [-0.4, -0.2) is 60.0 Å². The molecule has 0 radical (unpaired) electrons. The minimum Gasteiger partial charge on any atom is -0.469 e. The number of benzene rings is 1. The van der Waals surface area contributed by atoms with Crippen LogP contribution in [0.3, 0.4) is 0 Å². The number of amides is 2. The van der Waals surface area contributed by atoms with E-state index in [0.29, 0.717) is 25.0 Å². The van der Waals surface area contributed by atoms with Gasteiger partial charge >= 0.3 is 12.1 Å². The van der Waals surface area contributed by atoms with E-state index in [2.05, 4.69) is 10.6 Å². The highest BCUT2D eigenvalue weighted by atomic mass is 19.4. The van der Waals surface area contributed by atoms with E-state index in [-0.39, 0.29) is 24.5 Å². The Morgan fingerprint density at radius 3 is 2.40 bits per heavy atom. The van der Waals surface area contributed by atoms with Crippen LogP contribution in [0.2, 0.25) is 0 Å². The van der Waals surface area contributed by atoms with Crippen LogP contribution in [0.15, 0.2) is 18.2 Å². The molecule has 11 heteroatoms. The molecule has 194 valence electrons. The van der Waals surface area contributed by atoms with Crippen molar-refractivity contribution in [1.29, 1.82) is 0 Å². The Morgan fingerprint density at radius 1 is 1.11 bits per heavy atom. The van der Waals surface area contributed by atoms with Crippen molar-refractivity contribution in [2.45, 2.75) is 76.3 Å². The molecule has 1 aliphatic heterocycles. The first-order chi connectivity index (χ1) is 16.2. The first-order valence-corrected chi connectivity index (χ1v) is 11.5. The highest BCUT2D eigenvalue weighted by Gasteiger charge is 2.45. The van der Waals surface area contributed by atoms with Crippen LogP contribution in [0.1, 0.15) is 62.4 Å². The molecule has 7 nitrogen and oxygen atoms in total. The van der Waals surface area contributed by atoms with Gasteiger partial charge in [-0.3, -0.25) is 14.4 Å². The predicted molar refractivity (Wildman–Crippen MR) is 119 cm³/mol. The lowest BCUT2D eigenvalue weighted by atomic mass is 9.80. The number of likely N-dealkylation sites (tertiary alicyclic amines) is 1. The fourth-order valence-electron chi connectivity index (χ4n) is 4.97. The average Bonchev–Trinajstić information content (AvgIpc) is 3.11. The molecule has 0 bridgehead atoms. The number of nitrogens with one attached hydrogen (secondary N) is 2. The number of halogens is 4. The van der Waals surface area contributed by atoms with Crippen LogP contribution in [0.25, 0.3) is 0 Å². The first-order valence-electron chi connectivity index (χ1n) is 11.5. The van der Waals surface area contributed by atoms with Gasteiger partial charge in [-0.05, 0) is 64.7 Å². The van der Waals surface area contributed by atoms with Gasteiger partial charge in [-0.25, -0.2) is 4.39 Å². The van der Waals surface area contributed by atoms with E-state index in [1.165, 1.54) is 7.11 Å². The van der Waals surface area contributed by atoms with Gasteiger partial charge < -0.3 is 20.3 Å². The summed E-state index contributed by atoms with van der Waals surface area (Å²) in [7, 11) is 1.30. The second-order valence-corrected chi connectivity index (χ2v) is 10.1. The number of carbonyl (C=O) groups is 3. The molecule has 1 aromatic rings. The van der Waals surface area contributed by atoms with Crippen molar-refractivity contribution in [3.8, 4) is 0 Å². The maximum absolute atomic E-state index is 13.5. The highest BCUT2D eigenvalue weighted by Crippen LogP contribution is 2.34. The standard InChI is InChI=1S/C24H31F4N3O4/c1-23(2,3)30-14-6-8-19(15(12-14)22(34)35-4)31-10-9-18(21(31)33)29-20(32)13-5-7-17(25)16(11-13)24(26,27)28/h5,7,11,14-15,18-19,30H,6,8-10,12H2,1-4H3,(H,29,32)/t14?,15?,18-,19?/m0/s1. The summed E-state index contributed by atoms with van der Waals surface area (Å²) in [5, 5.41) is 5.95. The molecule has 1 aliphatic carbocycles. The van der Waals surface area contributed by atoms with E-state index in [9.17, 15) is 31.9 Å². The maximum Gasteiger partial charge on any atom is 0.419 e. The number of esters is 1. The molecule has 3 rings (SSSR count). The number of hydrogen-bond acceptors (Lipinski definition) is 5. The van der Waals surface area contributed by atoms with Crippen LogP contribution in [0.5, 0.6) is 0 Å². The lowest BCUT2D eigenvalue weighted by Gasteiger charge is -2.41. The molecular formula is C24H31F4N3O4. The summed E-state index contributed by atoms with van der Waals surface area (Å²) >= 11 is 0. The molecule has 0 spiro atoms. The molecule has 1 saturated carbocycles. The largest absolute Gasteiger partial charge is 0.469 e. The Kier molecular flexibility index (Phi) is 7.78. The summed E-state index contributed by atoms with van der Waals surface area (Å²) in [6.07, 6.45) is -2.92. The molecular weight excluding hydrogens is 470 g/mol. The average molecular weight is 502 g/mol. The van der Waals surface area contributed by atoms with Crippen LogP contribution in [-0.2, 0) is 20.5 Å². The quantitative estimate of drug-likeness (QED) is 0.478. The van der Waals surface area contributed by atoms with Crippen molar-refractivity contribution in [3.05, 3.63) is 35.1 Å². The van der Waals surface area contributed by atoms with Gasteiger partial charge in [0.15, 0.2) is 0 Å². The van der Waals surface area contributed by atoms with Gasteiger partial charge in [-0.1, -0.05) is 0 Å². The van der Waals surface area contributed by atoms with Crippen molar-refractivity contribution in [1.82, 2.24) is 15.5 Å². The van der Waals surface area contributed by atoms with Gasteiger partial charge in [0, 0.05) is 29.7 Å². The summed E-state index contributed by atoms with van der Waals surface area (Å²) in [5.74, 6) is -3.75. The molecule has 2 amide bonds. The first kappa shape index (κ1) is 26.9. The zero-order valence-electron chi connectivity index (χ0n) is 20.2. The topological polar surface area (TPSA) is 87.7 Å². The number of methoxy groups -OCH3 is 1. The molecule has 3 unspecified atom stereocenters. The van der Waals surface area contributed by atoms with Crippen molar-refractivity contribution < 1.29 is 36.7 Å². The summed E-state index contributed by atoms with van der Waals surface area (Å²) in [4.78, 5) is 39.8. The second kappa shape index (κ2) is 10.1. The zero-order valence-corrected chi connectivity index (χ0v) is 20.2. The van der Waals surface area contributed by atoms with Crippen LogP contribution in [0, 0.1) is 11.7 Å². The van der Waals surface area contributed by atoms with Crippen LogP contribution < -0.4 is 10.6 Å². The number of alkyl halides is 3. The van der Waals surface area contributed by atoms with Crippen LogP contribution in [0.4, 0.5) is 17.6 Å². The third kappa shape index (κ3) is 6.31. The molecule has 1 saturated heterocycles. The predicted octanol–water partition coefficient (Wildman–Crippen LogP) is 3.27. The van der Waals surface area contributed by atoms with E-state index in [1.807, 2.05) is 20.8 Å². The van der Waals surface area contributed by atoms with Crippen molar-refractivity contribution in [2.75, 3.05) is 13.7 Å². The van der Waals surface area contributed by atoms with E-state index >= 15 is 0 Å². The molecule has 1 aromatic carbocycles. The molecule has 1 heterocycles. The van der Waals surface area contributed by atoms with Crippen LogP contribution >= 0.6 is 0 Å². The Labute approximate surface area is 201 Å². The van der Waals surface area contributed by atoms with Gasteiger partial charge in [0.1, 0.15) is 11.9 Å². The van der Waals surface area contributed by atoms with Gasteiger partial charge in [0.25, 0.3) is 5.91 Å². The zero-order chi connectivity index (χ0) is 26.1. The Morgan fingerprint density at radius 2 is 1.80 bits per heavy atom. The van der Waals surface area contributed by atoms with E-state index in [4.69, 9.17) is 4.74 Å². The number of rotatable bonds is 5. The van der Waals surface area contributed by atoms with Gasteiger partial charge in [-0.2, -0.15) is 13.2 Å². The van der Waals surface area contributed by atoms with E-state index < -0.39 is 58.9 Å². The minimum absolute atomic E-state index is 0.0739. The fraction of sp³-hybridized carbons (Fsp3) is 0.625. The maximum atomic E-state index is 13.5. The SMILES string of the molecule is COC(=O)C1CC(NC(C)(C)C)CCC1N1CC[C@H](NC(=O)c2ccc(F)c(C(F)(F)F)c2)C1=O. The second-order valence-electron chi connectivity index (χ2n) is 10.1. The summed E-state index contributed by atoms with van der Waals surface area (Å²) in [5.41, 5.74) is -2.10. The normalized spacial score (nSPS) is 25.5. The lowest BCUT2D eigenvalue weighted by Crippen LogP contribution is -2.55. The number of hydrogen-bond donors (Lipinski definition) is 2. The third-order valence-corrected chi connectivity index (χ3v) is 6.43. The van der Waals surface area contributed by atoms with Crippen molar-refractivity contribution >= 4 is 17.8 Å². The number of nitrogens with zero attached hydrogens (tertiary/aromatic N) is 1. The Bertz CT molecular complexity index is 976. The third-order valence-electron chi connectivity index (χ3n) is 6.43. The van der Waals surface area contributed by atoms with E-state index in [1.54, 1.807) is 4.90 Å². The number of ether oxygens (including phenoxy) is 1. The van der Waals surface area contributed by atoms with Gasteiger partial charge in [-0.15, -0.1) is 0 Å². The molecule has 4 atom stereocenters. The smallest absolute Gasteiger partial charge is 0.419 e. The Balaban J connectivity index is 1.71. The van der Waals surface area contributed by atoms with Gasteiger partial charge in [0.05, 0.1) is 18.6 Å². The summed E-state index contributed by atoms with van der Waals surface area (Å²) < 4.78 is 57.5. The summed E-state index contributed by atoms with van der Waals surface area (Å²) in [6.45, 7) is 6.38. The minimum atomic E-state index is -4.95. The Hall–Kier alpha value is -2.69. The fourth-order valence-corrected chi connectivity index (χ4v) is 4.97. The molecule has 35 heavy (non-hydrogen) atoms. The molecule has 2 aliphatic rings. The lowest BCUT2D eigenvalue weighted by molar-refractivity contribution is -0.151. The molecule has 0 aromatic heterocycles. The van der Waals surface area contributed by atoms with E-state index in [0.717, 1.165) is 12.5 Å². The van der Waals surface area contributed by atoms with Gasteiger partial charge in [0.2, 0.25) is 5.91 Å².